The summed E-state index contributed by atoms with van der Waals surface area (Å²) in [6.45, 7) is 8.64. The molecule has 1 aromatic carbocycles. The van der Waals surface area contributed by atoms with Crippen molar-refractivity contribution in [3.05, 3.63) is 46.5 Å². The molecule has 3 aliphatic rings. The van der Waals surface area contributed by atoms with Crippen molar-refractivity contribution < 1.29 is 38.1 Å². The van der Waals surface area contributed by atoms with Crippen molar-refractivity contribution in [1.82, 2.24) is 10.2 Å². The average molecular weight is 646 g/mol. The van der Waals surface area contributed by atoms with Gasteiger partial charge in [0.05, 0.1) is 25.3 Å². The fourth-order valence-corrected chi connectivity index (χ4v) is 6.29. The number of benzene rings is 1. The Morgan fingerprint density at radius 2 is 1.98 bits per heavy atom. The molecule has 4 bridgehead atoms. The third-order valence-corrected chi connectivity index (χ3v) is 9.56. The Morgan fingerprint density at radius 3 is 2.64 bits per heavy atom. The number of epoxide rings is 1. The number of carbonyl (C=O) groups is 4. The highest BCUT2D eigenvalue weighted by Crippen LogP contribution is 2.48. The molecule has 45 heavy (non-hydrogen) atoms. The van der Waals surface area contributed by atoms with Gasteiger partial charge in [-0.15, -0.1) is 0 Å². The molecule has 3 aliphatic heterocycles. The normalized spacial score (nSPS) is 31.3. The highest BCUT2D eigenvalue weighted by Gasteiger charge is 2.63. The van der Waals surface area contributed by atoms with E-state index >= 15 is 0 Å². The van der Waals surface area contributed by atoms with Gasteiger partial charge < -0.3 is 34.1 Å². The quantitative estimate of drug-likeness (QED) is 0.372. The van der Waals surface area contributed by atoms with Crippen LogP contribution < -0.4 is 15.0 Å². The van der Waals surface area contributed by atoms with Crippen LogP contribution in [0.4, 0.5) is 10.5 Å². The van der Waals surface area contributed by atoms with Crippen LogP contribution >= 0.6 is 11.6 Å². The molecule has 4 rings (SSSR count). The number of allylic oxidation sites excluding steroid dienone is 3. The lowest BCUT2D eigenvalue weighted by atomic mass is 9.85. The molecule has 0 aromatic heterocycles. The molecule has 0 radical (unpaired) electrons. The summed E-state index contributed by atoms with van der Waals surface area (Å²) in [4.78, 5) is 54.4. The summed E-state index contributed by atoms with van der Waals surface area (Å²) in [5.41, 5.74) is 1.35. The molecule has 0 aliphatic carbocycles. The van der Waals surface area contributed by atoms with Crippen molar-refractivity contribution in [3.63, 3.8) is 0 Å². The van der Waals surface area contributed by atoms with Crippen molar-refractivity contribution in [3.8, 4) is 5.75 Å². The maximum absolute atomic E-state index is 13.9. The summed E-state index contributed by atoms with van der Waals surface area (Å²) in [6, 6.07) is 2.66. The minimum atomic E-state index is -1.06. The number of amides is 3. The van der Waals surface area contributed by atoms with Gasteiger partial charge in [-0.3, -0.25) is 9.59 Å². The third kappa shape index (κ3) is 7.64. The summed E-state index contributed by atoms with van der Waals surface area (Å²) in [7, 11) is 4.63. The maximum atomic E-state index is 13.9. The summed E-state index contributed by atoms with van der Waals surface area (Å²) in [5.74, 6) is -1.18. The Hall–Kier alpha value is -3.57. The molecule has 2 saturated heterocycles. The summed E-state index contributed by atoms with van der Waals surface area (Å²) >= 11 is 6.70. The average Bonchev–Trinajstić information content (AvgIpc) is 3.69. The number of esters is 1. The maximum Gasteiger partial charge on any atom is 0.407 e. The van der Waals surface area contributed by atoms with Crippen LogP contribution in [-0.4, -0.2) is 86.0 Å². The number of nitrogens with one attached hydrogen (secondary N) is 1. The van der Waals surface area contributed by atoms with Crippen molar-refractivity contribution >= 4 is 41.2 Å². The monoisotopic (exact) mass is 645 g/mol. The lowest BCUT2D eigenvalue weighted by Crippen LogP contribution is -2.49. The van der Waals surface area contributed by atoms with Gasteiger partial charge in [0, 0.05) is 39.4 Å². The van der Waals surface area contributed by atoms with Gasteiger partial charge in [0.2, 0.25) is 11.8 Å². The van der Waals surface area contributed by atoms with Gasteiger partial charge in [-0.05, 0) is 51.3 Å². The van der Waals surface area contributed by atoms with Gasteiger partial charge in [0.25, 0.3) is 0 Å². The second-order valence-electron chi connectivity index (χ2n) is 12.5. The number of hydrogen-bond acceptors (Lipinski definition) is 8. The van der Waals surface area contributed by atoms with E-state index in [1.165, 1.54) is 30.9 Å². The zero-order valence-corrected chi connectivity index (χ0v) is 28.0. The third-order valence-electron chi connectivity index (χ3n) is 9.18. The molecule has 3 amide bonds. The van der Waals surface area contributed by atoms with E-state index in [1.807, 2.05) is 44.2 Å². The molecule has 0 spiro atoms. The number of ether oxygens (including phenoxy) is 4. The Balaban J connectivity index is 1.73. The Labute approximate surface area is 269 Å². The topological polar surface area (TPSA) is 127 Å². The Morgan fingerprint density at radius 1 is 1.27 bits per heavy atom. The number of hydrogen-bond donors (Lipinski definition) is 1. The minimum absolute atomic E-state index is 0.134. The van der Waals surface area contributed by atoms with Gasteiger partial charge in [0.15, 0.2) is 0 Å². The molecule has 0 saturated carbocycles. The van der Waals surface area contributed by atoms with Crippen LogP contribution in [0.25, 0.3) is 0 Å². The fraction of sp³-hybridized carbons (Fsp3) is 0.576. The second-order valence-corrected chi connectivity index (χ2v) is 12.9. The van der Waals surface area contributed by atoms with E-state index in [2.05, 4.69) is 5.32 Å². The van der Waals surface area contributed by atoms with Crippen LogP contribution in [0.5, 0.6) is 5.75 Å². The first kappa shape index (κ1) is 34.3. The summed E-state index contributed by atoms with van der Waals surface area (Å²) < 4.78 is 23.4. The van der Waals surface area contributed by atoms with Crippen LogP contribution in [0, 0.1) is 5.92 Å². The number of anilines is 1. The molecule has 11 nitrogen and oxygen atoms in total. The van der Waals surface area contributed by atoms with Gasteiger partial charge in [0.1, 0.15) is 34.6 Å². The van der Waals surface area contributed by atoms with E-state index in [9.17, 15) is 19.2 Å². The molecule has 12 heteroatoms. The number of fused-ring (bicyclic) bond motifs is 5. The lowest BCUT2D eigenvalue weighted by Gasteiger charge is -2.33. The molecule has 4 unspecified atom stereocenters. The number of halogens is 1. The zero-order valence-electron chi connectivity index (χ0n) is 27.2. The first-order valence-electron chi connectivity index (χ1n) is 15.2. The molecule has 2 fully saturated rings. The number of alkyl carbamates (subject to hydrolysis) is 1. The largest absolute Gasteiger partial charge is 0.495 e. The standard InChI is InChI=1S/C33H44ClN3O8/c1-18-11-9-10-12-23-16-25(43-32(41)35-23)19(2)30-33(5,45-30)27(44-31(40)20(3)36(6)21(4)38)17-28(39)37(7)24-14-22(13-18)15-26(42-8)29(24)34/h9-11,14-15,19-20,23,25,27,30H,12-13,16-17H2,1-8H3,(H,35,41)/b10-9+,18-11+/t19-,20+,23?,25?,27+,30?,33?/m1/s1. The summed E-state index contributed by atoms with van der Waals surface area (Å²) in [6.07, 6.45) is 5.10. The van der Waals surface area contributed by atoms with Gasteiger partial charge in [-0.1, -0.05) is 42.3 Å². The highest BCUT2D eigenvalue weighted by molar-refractivity contribution is 6.35. The molecule has 1 aromatic rings. The van der Waals surface area contributed by atoms with E-state index in [0.29, 0.717) is 30.7 Å². The molecular formula is C33H44ClN3O8. The molecule has 1 N–H and O–H groups in total. The van der Waals surface area contributed by atoms with Crippen LogP contribution in [0.2, 0.25) is 5.02 Å². The van der Waals surface area contributed by atoms with Gasteiger partial charge in [-0.25, -0.2) is 9.59 Å². The summed E-state index contributed by atoms with van der Waals surface area (Å²) in [5, 5.41) is 3.17. The fourth-order valence-electron chi connectivity index (χ4n) is 5.98. The number of nitrogens with zero attached hydrogens (tertiary/aromatic N) is 2. The van der Waals surface area contributed by atoms with Crippen LogP contribution in [0.1, 0.15) is 59.4 Å². The van der Waals surface area contributed by atoms with E-state index in [4.69, 9.17) is 30.5 Å². The molecule has 7 atom stereocenters. The predicted molar refractivity (Wildman–Crippen MR) is 169 cm³/mol. The highest BCUT2D eigenvalue weighted by atomic mass is 35.5. The Kier molecular flexibility index (Phi) is 10.5. The van der Waals surface area contributed by atoms with Crippen LogP contribution in [-0.2, 0) is 35.0 Å². The van der Waals surface area contributed by atoms with E-state index in [1.54, 1.807) is 20.9 Å². The zero-order chi connectivity index (χ0) is 33.2. The Bertz CT molecular complexity index is 1400. The number of methoxy groups -OCH3 is 1. The first-order valence-corrected chi connectivity index (χ1v) is 15.6. The first-order chi connectivity index (χ1) is 21.2. The van der Waals surface area contributed by atoms with Gasteiger partial charge in [-0.2, -0.15) is 0 Å². The van der Waals surface area contributed by atoms with E-state index in [0.717, 1.165) is 11.1 Å². The van der Waals surface area contributed by atoms with E-state index < -0.39 is 42.0 Å². The predicted octanol–water partition coefficient (Wildman–Crippen LogP) is 4.59. The van der Waals surface area contributed by atoms with E-state index in [-0.39, 0.29) is 35.2 Å². The number of rotatable bonds is 4. The molecule has 246 valence electrons. The van der Waals surface area contributed by atoms with Crippen LogP contribution in [0.15, 0.2) is 35.9 Å². The SMILES string of the molecule is COc1cc2cc(c1Cl)N(C)C(=O)C[C@H](OC(=O)[C@H](C)N(C)C(C)=O)C1(C)OC1[C@H](C)C1CC(C/C=C/C=C(\C)C2)NC(=O)O1. The van der Waals surface area contributed by atoms with Crippen molar-refractivity contribution in [2.45, 2.75) is 96.3 Å². The van der Waals surface area contributed by atoms with Crippen molar-refractivity contribution in [1.29, 1.82) is 0 Å². The minimum Gasteiger partial charge on any atom is -0.495 e. The smallest absolute Gasteiger partial charge is 0.407 e. The number of likely N-dealkylation sites (N-methyl/N-ethyl adjacent to an activating group) is 1. The molecular weight excluding hydrogens is 602 g/mol. The molecule has 3 heterocycles. The van der Waals surface area contributed by atoms with Gasteiger partial charge >= 0.3 is 12.1 Å². The lowest BCUT2D eigenvalue weighted by molar-refractivity contribution is -0.161. The van der Waals surface area contributed by atoms with Crippen LogP contribution in [0.3, 0.4) is 0 Å². The van der Waals surface area contributed by atoms with Crippen molar-refractivity contribution in [2.24, 2.45) is 5.92 Å². The second kappa shape index (κ2) is 13.8. The van der Waals surface area contributed by atoms with Crippen molar-refractivity contribution in [2.75, 3.05) is 26.1 Å². The number of carbonyl (C=O) groups excluding carboxylic acids is 4.